The van der Waals surface area contributed by atoms with Gasteiger partial charge in [0.05, 0.1) is 10.6 Å². The molecule has 26 heavy (non-hydrogen) atoms. The molecule has 0 saturated carbocycles. The molecule has 0 aliphatic carbocycles. The molecule has 2 aromatic rings. The SMILES string of the molecule is CC(C)(C)NS(=O)(=O)c1ccccc1NC(=O)c1ccccc1[N+](=O)[O-]. The smallest absolute Gasteiger partial charge is 0.282 e. The maximum atomic E-state index is 12.6. The van der Waals surface area contributed by atoms with Crippen molar-refractivity contribution in [2.45, 2.75) is 31.2 Å². The topological polar surface area (TPSA) is 118 Å². The number of carbonyl (C=O) groups is 1. The zero-order chi connectivity index (χ0) is 19.5. The number of nitrogens with zero attached hydrogens (tertiary/aromatic N) is 1. The van der Waals surface area contributed by atoms with E-state index in [9.17, 15) is 23.3 Å². The molecule has 0 aliphatic rings. The Morgan fingerprint density at radius 1 is 1.04 bits per heavy atom. The number of para-hydroxylation sites is 2. The summed E-state index contributed by atoms with van der Waals surface area (Å²) in [7, 11) is -3.90. The van der Waals surface area contributed by atoms with E-state index in [0.717, 1.165) is 0 Å². The van der Waals surface area contributed by atoms with E-state index in [0.29, 0.717) is 0 Å². The average Bonchev–Trinajstić information content (AvgIpc) is 2.53. The normalized spacial score (nSPS) is 11.8. The Morgan fingerprint density at radius 2 is 1.62 bits per heavy atom. The van der Waals surface area contributed by atoms with Crippen LogP contribution < -0.4 is 10.0 Å². The first-order valence-corrected chi connectivity index (χ1v) is 9.17. The summed E-state index contributed by atoms with van der Waals surface area (Å²) >= 11 is 0. The second-order valence-electron chi connectivity index (χ2n) is 6.58. The van der Waals surface area contributed by atoms with Crippen LogP contribution in [0.2, 0.25) is 0 Å². The summed E-state index contributed by atoms with van der Waals surface area (Å²) in [6.07, 6.45) is 0. The van der Waals surface area contributed by atoms with Gasteiger partial charge in [-0.2, -0.15) is 0 Å². The third-order valence-electron chi connectivity index (χ3n) is 3.21. The van der Waals surface area contributed by atoms with Gasteiger partial charge in [0.2, 0.25) is 10.0 Å². The predicted octanol–water partition coefficient (Wildman–Crippen LogP) is 2.92. The van der Waals surface area contributed by atoms with E-state index < -0.39 is 26.4 Å². The first kappa shape index (κ1) is 19.5. The summed E-state index contributed by atoms with van der Waals surface area (Å²) in [6, 6.07) is 11.3. The molecule has 2 aromatic carbocycles. The minimum absolute atomic E-state index is 0.0346. The molecule has 0 bridgehead atoms. The van der Waals surface area contributed by atoms with Crippen LogP contribution in [0.1, 0.15) is 31.1 Å². The number of hydrogen-bond acceptors (Lipinski definition) is 5. The number of amides is 1. The lowest BCUT2D eigenvalue weighted by Crippen LogP contribution is -2.40. The molecule has 0 unspecified atom stereocenters. The van der Waals surface area contributed by atoms with Crippen LogP contribution in [0.4, 0.5) is 11.4 Å². The predicted molar refractivity (Wildman–Crippen MR) is 97.6 cm³/mol. The van der Waals surface area contributed by atoms with Crippen molar-refractivity contribution in [1.82, 2.24) is 4.72 Å². The fourth-order valence-electron chi connectivity index (χ4n) is 2.28. The van der Waals surface area contributed by atoms with Crippen molar-refractivity contribution >= 4 is 27.3 Å². The van der Waals surface area contributed by atoms with Gasteiger partial charge in [0.25, 0.3) is 11.6 Å². The molecule has 0 saturated heterocycles. The van der Waals surface area contributed by atoms with E-state index in [1.165, 1.54) is 42.5 Å². The maximum Gasteiger partial charge on any atom is 0.282 e. The van der Waals surface area contributed by atoms with Crippen LogP contribution in [0.25, 0.3) is 0 Å². The highest BCUT2D eigenvalue weighted by atomic mass is 32.2. The van der Waals surface area contributed by atoms with Crippen molar-refractivity contribution in [3.8, 4) is 0 Å². The Balaban J connectivity index is 2.41. The number of rotatable bonds is 5. The van der Waals surface area contributed by atoms with Crippen LogP contribution in [0.5, 0.6) is 0 Å². The van der Waals surface area contributed by atoms with Gasteiger partial charge in [-0.1, -0.05) is 24.3 Å². The van der Waals surface area contributed by atoms with Crippen molar-refractivity contribution in [2.24, 2.45) is 0 Å². The van der Waals surface area contributed by atoms with Gasteiger partial charge < -0.3 is 5.32 Å². The third-order valence-corrected chi connectivity index (χ3v) is 5.03. The summed E-state index contributed by atoms with van der Waals surface area (Å²) in [4.78, 5) is 22.8. The molecule has 9 heteroatoms. The molecular formula is C17H19N3O5S. The van der Waals surface area contributed by atoms with Crippen LogP contribution >= 0.6 is 0 Å². The lowest BCUT2D eigenvalue weighted by molar-refractivity contribution is -0.385. The summed E-state index contributed by atoms with van der Waals surface area (Å²) < 4.78 is 27.7. The Hall–Kier alpha value is -2.78. The summed E-state index contributed by atoms with van der Waals surface area (Å²) in [6.45, 7) is 5.08. The monoisotopic (exact) mass is 377 g/mol. The fraction of sp³-hybridized carbons (Fsp3) is 0.235. The Bertz CT molecular complexity index is 949. The Kier molecular flexibility index (Phi) is 5.43. The lowest BCUT2D eigenvalue weighted by atomic mass is 10.1. The van der Waals surface area contributed by atoms with Crippen molar-refractivity contribution in [1.29, 1.82) is 0 Å². The van der Waals surface area contributed by atoms with Crippen molar-refractivity contribution in [3.05, 3.63) is 64.2 Å². The second kappa shape index (κ2) is 7.22. The molecule has 0 heterocycles. The number of nitro groups is 1. The van der Waals surface area contributed by atoms with Gasteiger partial charge in [-0.25, -0.2) is 13.1 Å². The number of hydrogen-bond donors (Lipinski definition) is 2. The summed E-state index contributed by atoms with van der Waals surface area (Å²) in [5, 5.41) is 13.5. The molecule has 2 N–H and O–H groups in total. The molecule has 0 aliphatic heterocycles. The lowest BCUT2D eigenvalue weighted by Gasteiger charge is -2.21. The average molecular weight is 377 g/mol. The van der Waals surface area contributed by atoms with E-state index in [2.05, 4.69) is 10.0 Å². The minimum atomic E-state index is -3.90. The Morgan fingerprint density at radius 3 is 2.23 bits per heavy atom. The van der Waals surface area contributed by atoms with E-state index >= 15 is 0 Å². The minimum Gasteiger partial charge on any atom is -0.321 e. The van der Waals surface area contributed by atoms with Crippen LogP contribution in [-0.2, 0) is 10.0 Å². The van der Waals surface area contributed by atoms with Crippen molar-refractivity contribution in [3.63, 3.8) is 0 Å². The molecule has 0 atom stereocenters. The quantitative estimate of drug-likeness (QED) is 0.613. The molecule has 0 radical (unpaired) electrons. The van der Waals surface area contributed by atoms with E-state index in [4.69, 9.17) is 0 Å². The fourth-order valence-corrected chi connectivity index (χ4v) is 3.86. The number of carbonyl (C=O) groups excluding carboxylic acids is 1. The molecule has 0 spiro atoms. The molecule has 138 valence electrons. The standard InChI is InChI=1S/C17H19N3O5S/c1-17(2,3)19-26(24,25)15-11-7-5-9-13(15)18-16(21)12-8-4-6-10-14(12)20(22)23/h4-11,19H,1-3H3,(H,18,21). The molecule has 0 aromatic heterocycles. The van der Waals surface area contributed by atoms with Gasteiger partial charge in [0.15, 0.2) is 0 Å². The number of anilines is 1. The zero-order valence-electron chi connectivity index (χ0n) is 14.5. The number of nitro benzene ring substituents is 1. The molecule has 1 amide bonds. The molecule has 2 rings (SSSR count). The first-order valence-electron chi connectivity index (χ1n) is 7.69. The van der Waals surface area contributed by atoms with E-state index in [-0.39, 0.29) is 21.8 Å². The van der Waals surface area contributed by atoms with Crippen LogP contribution in [0.3, 0.4) is 0 Å². The van der Waals surface area contributed by atoms with Gasteiger partial charge >= 0.3 is 0 Å². The van der Waals surface area contributed by atoms with Gasteiger partial charge in [-0.15, -0.1) is 0 Å². The van der Waals surface area contributed by atoms with Gasteiger partial charge in [0, 0.05) is 11.6 Å². The van der Waals surface area contributed by atoms with E-state index in [1.807, 2.05) is 0 Å². The van der Waals surface area contributed by atoms with Crippen LogP contribution in [-0.4, -0.2) is 24.8 Å². The molecule has 0 fully saturated rings. The van der Waals surface area contributed by atoms with Gasteiger partial charge in [-0.05, 0) is 39.0 Å². The highest BCUT2D eigenvalue weighted by Gasteiger charge is 2.26. The highest BCUT2D eigenvalue weighted by molar-refractivity contribution is 7.89. The number of benzene rings is 2. The largest absolute Gasteiger partial charge is 0.321 e. The van der Waals surface area contributed by atoms with Gasteiger partial charge in [-0.3, -0.25) is 14.9 Å². The van der Waals surface area contributed by atoms with Crippen LogP contribution in [0.15, 0.2) is 53.4 Å². The number of nitrogens with one attached hydrogen (secondary N) is 2. The second-order valence-corrected chi connectivity index (χ2v) is 8.23. The van der Waals surface area contributed by atoms with Crippen molar-refractivity contribution < 1.29 is 18.1 Å². The van der Waals surface area contributed by atoms with Gasteiger partial charge in [0.1, 0.15) is 10.5 Å². The van der Waals surface area contributed by atoms with Crippen molar-refractivity contribution in [2.75, 3.05) is 5.32 Å². The summed E-state index contributed by atoms with van der Waals surface area (Å²) in [5.41, 5.74) is -1.20. The summed E-state index contributed by atoms with van der Waals surface area (Å²) in [5.74, 6) is -0.768. The zero-order valence-corrected chi connectivity index (χ0v) is 15.3. The third kappa shape index (κ3) is 4.64. The van der Waals surface area contributed by atoms with E-state index in [1.54, 1.807) is 26.8 Å². The first-order chi connectivity index (χ1) is 12.0. The molecular weight excluding hydrogens is 358 g/mol. The van der Waals surface area contributed by atoms with Crippen LogP contribution in [0, 0.1) is 10.1 Å². The number of sulfonamides is 1. The molecule has 8 nitrogen and oxygen atoms in total. The highest BCUT2D eigenvalue weighted by Crippen LogP contribution is 2.25. The Labute approximate surface area is 151 Å². The maximum absolute atomic E-state index is 12.6.